The van der Waals surface area contributed by atoms with E-state index in [0.717, 1.165) is 10.8 Å². The Bertz CT molecular complexity index is 851. The van der Waals surface area contributed by atoms with E-state index in [4.69, 9.17) is 0 Å². The van der Waals surface area contributed by atoms with E-state index in [1.54, 1.807) is 30.3 Å². The van der Waals surface area contributed by atoms with Gasteiger partial charge in [-0.25, -0.2) is 0 Å². The normalized spacial score (nSPS) is 11.6. The standard InChI is InChI=1S/C17H12F2N2OS/c18-17(19)23-14-7-5-12(6-8-14)20-21-16-10-13(22)9-11-3-1-2-4-15(11)16/h1-10,17,22H. The zero-order chi connectivity index (χ0) is 16.2. The number of benzene rings is 3. The van der Waals surface area contributed by atoms with Crippen LogP contribution in [0.3, 0.4) is 0 Å². The Kier molecular flexibility index (Phi) is 4.52. The summed E-state index contributed by atoms with van der Waals surface area (Å²) < 4.78 is 24.5. The molecule has 0 amide bonds. The lowest BCUT2D eigenvalue weighted by atomic mass is 10.1. The van der Waals surface area contributed by atoms with Crippen LogP contribution in [-0.4, -0.2) is 10.9 Å². The third-order valence-electron chi connectivity index (χ3n) is 3.16. The molecule has 0 heterocycles. The highest BCUT2D eigenvalue weighted by atomic mass is 32.2. The van der Waals surface area contributed by atoms with Gasteiger partial charge in [-0.2, -0.15) is 13.9 Å². The number of azo groups is 1. The molecule has 3 nitrogen and oxygen atoms in total. The molecule has 0 aliphatic rings. The Balaban J connectivity index is 1.88. The fraction of sp³-hybridized carbons (Fsp3) is 0.0588. The van der Waals surface area contributed by atoms with Gasteiger partial charge in [0.1, 0.15) is 5.75 Å². The SMILES string of the molecule is Oc1cc(N=Nc2ccc(SC(F)F)cc2)c2ccccc2c1. The predicted molar refractivity (Wildman–Crippen MR) is 88.1 cm³/mol. The molecule has 0 spiro atoms. The number of phenolic OH excluding ortho intramolecular Hbond substituents is 1. The first-order chi connectivity index (χ1) is 11.1. The van der Waals surface area contributed by atoms with E-state index >= 15 is 0 Å². The Morgan fingerprint density at radius 3 is 2.39 bits per heavy atom. The molecular weight excluding hydrogens is 318 g/mol. The van der Waals surface area contributed by atoms with E-state index in [1.807, 2.05) is 24.3 Å². The van der Waals surface area contributed by atoms with Crippen molar-refractivity contribution in [2.24, 2.45) is 10.2 Å². The number of halogens is 2. The number of hydrogen-bond acceptors (Lipinski definition) is 4. The van der Waals surface area contributed by atoms with Crippen LogP contribution in [0.25, 0.3) is 10.8 Å². The average Bonchev–Trinajstić information content (AvgIpc) is 2.53. The summed E-state index contributed by atoms with van der Waals surface area (Å²) in [6, 6.07) is 17.1. The third-order valence-corrected chi connectivity index (χ3v) is 3.88. The second kappa shape index (κ2) is 6.75. The zero-order valence-corrected chi connectivity index (χ0v) is 12.7. The molecule has 3 aromatic carbocycles. The van der Waals surface area contributed by atoms with Crippen LogP contribution in [0.4, 0.5) is 20.2 Å². The maximum absolute atomic E-state index is 12.3. The van der Waals surface area contributed by atoms with E-state index in [9.17, 15) is 13.9 Å². The van der Waals surface area contributed by atoms with Crippen LogP contribution >= 0.6 is 11.8 Å². The minimum absolute atomic E-state index is 0.112. The van der Waals surface area contributed by atoms with Crippen molar-refractivity contribution in [3.63, 3.8) is 0 Å². The molecule has 0 radical (unpaired) electrons. The minimum atomic E-state index is -2.44. The van der Waals surface area contributed by atoms with Gasteiger partial charge < -0.3 is 5.11 Å². The van der Waals surface area contributed by atoms with Crippen LogP contribution in [0.5, 0.6) is 5.75 Å². The molecule has 0 aliphatic carbocycles. The Morgan fingerprint density at radius 1 is 0.913 bits per heavy atom. The molecule has 3 aromatic rings. The number of thioether (sulfide) groups is 1. The van der Waals surface area contributed by atoms with E-state index in [2.05, 4.69) is 10.2 Å². The van der Waals surface area contributed by atoms with Crippen molar-refractivity contribution in [2.75, 3.05) is 0 Å². The van der Waals surface area contributed by atoms with Gasteiger partial charge in [-0.15, -0.1) is 5.11 Å². The second-order valence-electron chi connectivity index (χ2n) is 4.76. The molecule has 6 heteroatoms. The van der Waals surface area contributed by atoms with Crippen LogP contribution in [0.2, 0.25) is 0 Å². The van der Waals surface area contributed by atoms with Gasteiger partial charge in [0, 0.05) is 16.3 Å². The van der Waals surface area contributed by atoms with Crippen LogP contribution in [-0.2, 0) is 0 Å². The number of alkyl halides is 2. The van der Waals surface area contributed by atoms with Crippen molar-refractivity contribution in [3.05, 3.63) is 60.7 Å². The molecule has 23 heavy (non-hydrogen) atoms. The highest BCUT2D eigenvalue weighted by molar-refractivity contribution is 7.99. The smallest absolute Gasteiger partial charge is 0.288 e. The first-order valence-electron chi connectivity index (χ1n) is 6.80. The maximum Gasteiger partial charge on any atom is 0.288 e. The summed E-state index contributed by atoms with van der Waals surface area (Å²) in [5.41, 5.74) is 1.10. The summed E-state index contributed by atoms with van der Waals surface area (Å²) in [5, 5.41) is 19.8. The molecule has 0 saturated carbocycles. The molecule has 0 atom stereocenters. The average molecular weight is 330 g/mol. The number of rotatable bonds is 4. The Hall–Kier alpha value is -2.47. The minimum Gasteiger partial charge on any atom is -0.508 e. The van der Waals surface area contributed by atoms with Crippen LogP contribution in [0, 0.1) is 0 Å². The lowest BCUT2D eigenvalue weighted by Gasteiger charge is -2.03. The van der Waals surface area contributed by atoms with Gasteiger partial charge in [-0.1, -0.05) is 36.0 Å². The summed E-state index contributed by atoms with van der Waals surface area (Å²) in [4.78, 5) is 0.474. The fourth-order valence-corrected chi connectivity index (χ4v) is 2.66. The number of fused-ring (bicyclic) bond motifs is 1. The van der Waals surface area contributed by atoms with Gasteiger partial charge in [-0.05, 0) is 35.7 Å². The van der Waals surface area contributed by atoms with E-state index in [-0.39, 0.29) is 5.75 Å². The van der Waals surface area contributed by atoms with Crippen molar-refractivity contribution < 1.29 is 13.9 Å². The van der Waals surface area contributed by atoms with Gasteiger partial charge in [0.2, 0.25) is 0 Å². The summed E-state index contributed by atoms with van der Waals surface area (Å²) in [6.07, 6.45) is 0. The van der Waals surface area contributed by atoms with Crippen molar-refractivity contribution in [2.45, 2.75) is 10.7 Å². The zero-order valence-electron chi connectivity index (χ0n) is 11.9. The monoisotopic (exact) mass is 330 g/mol. The maximum atomic E-state index is 12.3. The lowest BCUT2D eigenvalue weighted by Crippen LogP contribution is -1.80. The Morgan fingerprint density at radius 2 is 1.65 bits per heavy atom. The number of aromatic hydroxyl groups is 1. The molecule has 0 saturated heterocycles. The molecule has 116 valence electrons. The molecule has 3 rings (SSSR count). The van der Waals surface area contributed by atoms with E-state index in [0.29, 0.717) is 28.0 Å². The van der Waals surface area contributed by atoms with Gasteiger partial charge in [0.25, 0.3) is 5.76 Å². The third kappa shape index (κ3) is 3.84. The van der Waals surface area contributed by atoms with Gasteiger partial charge in [0.05, 0.1) is 11.4 Å². The van der Waals surface area contributed by atoms with Crippen molar-refractivity contribution in [3.8, 4) is 5.75 Å². The van der Waals surface area contributed by atoms with Crippen molar-refractivity contribution in [1.29, 1.82) is 0 Å². The second-order valence-corrected chi connectivity index (χ2v) is 5.82. The van der Waals surface area contributed by atoms with Crippen LogP contribution < -0.4 is 0 Å². The topological polar surface area (TPSA) is 45.0 Å². The fourth-order valence-electron chi connectivity index (χ4n) is 2.16. The van der Waals surface area contributed by atoms with Gasteiger partial charge in [0.15, 0.2) is 0 Å². The number of nitrogens with zero attached hydrogens (tertiary/aromatic N) is 2. The highest BCUT2D eigenvalue weighted by Gasteiger charge is 2.05. The molecular formula is C17H12F2N2OS. The summed E-state index contributed by atoms with van der Waals surface area (Å²) in [6.45, 7) is 0. The first kappa shape index (κ1) is 15.4. The molecule has 0 unspecified atom stereocenters. The molecule has 0 aliphatic heterocycles. The quantitative estimate of drug-likeness (QED) is 0.452. The summed E-state index contributed by atoms with van der Waals surface area (Å²) in [5.74, 6) is -2.33. The predicted octanol–water partition coefficient (Wildman–Crippen LogP) is 6.28. The Labute approximate surface area is 135 Å². The molecule has 0 bridgehead atoms. The molecule has 0 aromatic heterocycles. The van der Waals surface area contributed by atoms with Crippen molar-refractivity contribution >= 4 is 33.9 Å². The lowest BCUT2D eigenvalue weighted by molar-refractivity contribution is 0.252. The van der Waals surface area contributed by atoms with Crippen LogP contribution in [0.15, 0.2) is 75.8 Å². The van der Waals surface area contributed by atoms with E-state index < -0.39 is 5.76 Å². The molecule has 0 fully saturated rings. The summed E-state index contributed by atoms with van der Waals surface area (Å²) in [7, 11) is 0. The van der Waals surface area contributed by atoms with Crippen molar-refractivity contribution in [1.82, 2.24) is 0 Å². The molecule has 1 N–H and O–H groups in total. The highest BCUT2D eigenvalue weighted by Crippen LogP contribution is 2.32. The van der Waals surface area contributed by atoms with Gasteiger partial charge >= 0.3 is 0 Å². The summed E-state index contributed by atoms with van der Waals surface area (Å²) >= 11 is 0.487. The van der Waals surface area contributed by atoms with E-state index in [1.165, 1.54) is 6.07 Å². The van der Waals surface area contributed by atoms with Gasteiger partial charge in [-0.3, -0.25) is 0 Å². The first-order valence-corrected chi connectivity index (χ1v) is 7.68. The number of phenols is 1. The largest absolute Gasteiger partial charge is 0.508 e. The number of hydrogen-bond donors (Lipinski definition) is 1. The van der Waals surface area contributed by atoms with Crippen LogP contribution in [0.1, 0.15) is 0 Å².